The van der Waals surface area contributed by atoms with Crippen LogP contribution in [0.5, 0.6) is 0 Å². The van der Waals surface area contributed by atoms with E-state index < -0.39 is 0 Å². The molecular weight excluding hydrogens is 214 g/mol. The van der Waals surface area contributed by atoms with Crippen LogP contribution in [-0.4, -0.2) is 24.6 Å². The summed E-state index contributed by atoms with van der Waals surface area (Å²) in [5.41, 5.74) is 0. The highest BCUT2D eigenvalue weighted by atomic mass is 32.2. The topological polar surface area (TPSA) is 12.0 Å². The van der Waals surface area contributed by atoms with E-state index in [2.05, 4.69) is 11.6 Å². The highest BCUT2D eigenvalue weighted by Crippen LogP contribution is 2.17. The molecule has 0 radical (unpaired) electrons. The van der Waals surface area contributed by atoms with Crippen molar-refractivity contribution in [3.63, 3.8) is 0 Å². The molecular formula is C14H29NS. The average Bonchev–Trinajstić information content (AvgIpc) is 2.56. The second kappa shape index (κ2) is 10.5. The van der Waals surface area contributed by atoms with Crippen LogP contribution in [0.1, 0.15) is 64.2 Å². The van der Waals surface area contributed by atoms with E-state index in [9.17, 15) is 0 Å². The number of hydrogen-bond donors (Lipinski definition) is 1. The van der Waals surface area contributed by atoms with E-state index in [1.165, 1.54) is 76.5 Å². The summed E-state index contributed by atoms with van der Waals surface area (Å²) in [7, 11) is 0. The molecule has 1 rings (SSSR count). The molecule has 0 amide bonds. The quantitative estimate of drug-likeness (QED) is 0.506. The monoisotopic (exact) mass is 243 g/mol. The fraction of sp³-hybridized carbons (Fsp3) is 1.00. The van der Waals surface area contributed by atoms with E-state index >= 15 is 0 Å². The van der Waals surface area contributed by atoms with E-state index in [0.717, 1.165) is 6.04 Å². The first-order chi connectivity index (χ1) is 7.93. The summed E-state index contributed by atoms with van der Waals surface area (Å²) in [6.07, 6.45) is 16.5. The summed E-state index contributed by atoms with van der Waals surface area (Å²) in [5.74, 6) is 1.34. The highest BCUT2D eigenvalue weighted by Gasteiger charge is 2.10. The van der Waals surface area contributed by atoms with Gasteiger partial charge in [0.15, 0.2) is 0 Å². The molecule has 0 aromatic rings. The highest BCUT2D eigenvalue weighted by molar-refractivity contribution is 7.98. The van der Waals surface area contributed by atoms with Crippen LogP contribution < -0.4 is 5.32 Å². The largest absolute Gasteiger partial charge is 0.314 e. The SMILES string of the molecule is CSCCCCCCNC1CCCCCC1. The second-order valence-corrected chi connectivity index (χ2v) is 6.04. The zero-order valence-corrected chi connectivity index (χ0v) is 11.8. The Bertz CT molecular complexity index is 142. The molecule has 0 heterocycles. The van der Waals surface area contributed by atoms with Crippen LogP contribution in [0.2, 0.25) is 0 Å². The lowest BCUT2D eigenvalue weighted by Gasteiger charge is -2.15. The van der Waals surface area contributed by atoms with Crippen LogP contribution in [0.15, 0.2) is 0 Å². The number of unbranched alkanes of at least 4 members (excludes halogenated alkanes) is 3. The van der Waals surface area contributed by atoms with Gasteiger partial charge in [-0.25, -0.2) is 0 Å². The molecule has 1 N–H and O–H groups in total. The summed E-state index contributed by atoms with van der Waals surface area (Å²) < 4.78 is 0. The molecule has 16 heavy (non-hydrogen) atoms. The van der Waals surface area contributed by atoms with Crippen LogP contribution >= 0.6 is 11.8 Å². The van der Waals surface area contributed by atoms with Gasteiger partial charge in [-0.3, -0.25) is 0 Å². The van der Waals surface area contributed by atoms with Gasteiger partial charge in [0.2, 0.25) is 0 Å². The third kappa shape index (κ3) is 7.56. The van der Waals surface area contributed by atoms with Crippen LogP contribution in [-0.2, 0) is 0 Å². The Kier molecular flexibility index (Phi) is 9.40. The van der Waals surface area contributed by atoms with Crippen molar-refractivity contribution in [2.24, 2.45) is 0 Å². The van der Waals surface area contributed by atoms with Gasteiger partial charge < -0.3 is 5.32 Å². The van der Waals surface area contributed by atoms with Gasteiger partial charge in [0.25, 0.3) is 0 Å². The molecule has 2 heteroatoms. The first kappa shape index (κ1) is 14.4. The summed E-state index contributed by atoms with van der Waals surface area (Å²) in [6, 6.07) is 0.841. The predicted octanol–water partition coefficient (Wildman–Crippen LogP) is 4.22. The molecule has 0 aromatic carbocycles. The number of rotatable bonds is 8. The van der Waals surface area contributed by atoms with Crippen molar-refractivity contribution < 1.29 is 0 Å². The Hall–Kier alpha value is 0.310. The maximum absolute atomic E-state index is 3.75. The molecule has 1 aliphatic carbocycles. The lowest BCUT2D eigenvalue weighted by molar-refractivity contribution is 0.449. The number of nitrogens with one attached hydrogen (secondary N) is 1. The van der Waals surface area contributed by atoms with Crippen molar-refractivity contribution >= 4 is 11.8 Å². The predicted molar refractivity (Wildman–Crippen MR) is 76.3 cm³/mol. The third-order valence-electron chi connectivity index (χ3n) is 3.56. The van der Waals surface area contributed by atoms with Gasteiger partial charge in [-0.2, -0.15) is 11.8 Å². The minimum absolute atomic E-state index is 0.841. The molecule has 1 nitrogen and oxygen atoms in total. The van der Waals surface area contributed by atoms with Gasteiger partial charge in [-0.15, -0.1) is 0 Å². The number of thioether (sulfide) groups is 1. The van der Waals surface area contributed by atoms with Crippen molar-refractivity contribution in [2.45, 2.75) is 70.3 Å². The van der Waals surface area contributed by atoms with Crippen LogP contribution in [0.3, 0.4) is 0 Å². The Morgan fingerprint density at radius 1 is 0.938 bits per heavy atom. The summed E-state index contributed by atoms with van der Waals surface area (Å²) in [4.78, 5) is 0. The van der Waals surface area contributed by atoms with Gasteiger partial charge in [0.1, 0.15) is 0 Å². The first-order valence-corrected chi connectivity index (χ1v) is 8.55. The lowest BCUT2D eigenvalue weighted by Crippen LogP contribution is -2.29. The molecule has 1 saturated carbocycles. The molecule has 0 unspecified atom stereocenters. The van der Waals surface area contributed by atoms with Crippen molar-refractivity contribution in [2.75, 3.05) is 18.6 Å². The second-order valence-electron chi connectivity index (χ2n) is 5.05. The van der Waals surface area contributed by atoms with E-state index in [0.29, 0.717) is 0 Å². The first-order valence-electron chi connectivity index (χ1n) is 7.16. The lowest BCUT2D eigenvalue weighted by atomic mass is 10.1. The Morgan fingerprint density at radius 3 is 2.31 bits per heavy atom. The Morgan fingerprint density at radius 2 is 1.62 bits per heavy atom. The molecule has 0 bridgehead atoms. The smallest absolute Gasteiger partial charge is 0.00670 e. The van der Waals surface area contributed by atoms with Crippen LogP contribution in [0.4, 0.5) is 0 Å². The van der Waals surface area contributed by atoms with Crippen LogP contribution in [0, 0.1) is 0 Å². The van der Waals surface area contributed by atoms with E-state index in [-0.39, 0.29) is 0 Å². The van der Waals surface area contributed by atoms with Gasteiger partial charge in [0.05, 0.1) is 0 Å². The average molecular weight is 243 g/mol. The summed E-state index contributed by atoms with van der Waals surface area (Å²) >= 11 is 1.97. The normalized spacial score (nSPS) is 18.6. The maximum atomic E-state index is 3.75. The van der Waals surface area contributed by atoms with E-state index in [1.54, 1.807) is 0 Å². The molecule has 0 atom stereocenters. The van der Waals surface area contributed by atoms with Crippen molar-refractivity contribution in [1.82, 2.24) is 5.32 Å². The summed E-state index contributed by atoms with van der Waals surface area (Å²) in [6.45, 7) is 1.25. The molecule has 0 aromatic heterocycles. The molecule has 0 aliphatic heterocycles. The van der Waals surface area contributed by atoms with Crippen molar-refractivity contribution in [3.8, 4) is 0 Å². The van der Waals surface area contributed by atoms with Gasteiger partial charge in [-0.1, -0.05) is 38.5 Å². The van der Waals surface area contributed by atoms with Crippen molar-refractivity contribution in [1.29, 1.82) is 0 Å². The standard InChI is InChI=1S/C14H29NS/c1-16-13-9-5-4-8-12-15-14-10-6-2-3-7-11-14/h14-15H,2-13H2,1H3. The minimum atomic E-state index is 0.841. The van der Waals surface area contributed by atoms with Gasteiger partial charge in [0, 0.05) is 6.04 Å². The molecule has 1 aliphatic rings. The Labute approximate surface area is 106 Å². The van der Waals surface area contributed by atoms with Crippen molar-refractivity contribution in [3.05, 3.63) is 0 Å². The number of hydrogen-bond acceptors (Lipinski definition) is 2. The molecule has 96 valence electrons. The zero-order valence-electron chi connectivity index (χ0n) is 11.0. The summed E-state index contributed by atoms with van der Waals surface area (Å²) in [5, 5.41) is 3.75. The Balaban J connectivity index is 1.86. The fourth-order valence-electron chi connectivity index (χ4n) is 2.51. The molecule has 0 spiro atoms. The minimum Gasteiger partial charge on any atom is -0.314 e. The molecule has 1 fully saturated rings. The third-order valence-corrected chi connectivity index (χ3v) is 4.26. The van der Waals surface area contributed by atoms with Gasteiger partial charge in [-0.05, 0) is 44.2 Å². The maximum Gasteiger partial charge on any atom is 0.00670 e. The van der Waals surface area contributed by atoms with E-state index in [1.807, 2.05) is 11.8 Å². The van der Waals surface area contributed by atoms with E-state index in [4.69, 9.17) is 0 Å². The van der Waals surface area contributed by atoms with Gasteiger partial charge >= 0.3 is 0 Å². The molecule has 0 saturated heterocycles. The zero-order chi connectivity index (χ0) is 11.5. The van der Waals surface area contributed by atoms with Crippen LogP contribution in [0.25, 0.3) is 0 Å². The fourth-order valence-corrected chi connectivity index (χ4v) is 3.01.